The quantitative estimate of drug-likeness (QED) is 0.765. The minimum atomic E-state index is -0.330. The van der Waals surface area contributed by atoms with E-state index < -0.39 is 0 Å². The lowest BCUT2D eigenvalue weighted by molar-refractivity contribution is -0.116. The van der Waals surface area contributed by atoms with Crippen LogP contribution in [-0.2, 0) is 11.3 Å². The Balaban J connectivity index is 1.71. The molecule has 0 bridgehead atoms. The number of nitrogens with zero attached hydrogens (tertiary/aromatic N) is 2. The number of anilines is 1. The summed E-state index contributed by atoms with van der Waals surface area (Å²) in [5.74, 6) is -0.152. The summed E-state index contributed by atoms with van der Waals surface area (Å²) in [6, 6.07) is 14.0. The number of amides is 1. The molecule has 2 aromatic carbocycles. The monoisotopic (exact) mass is 355 g/mol. The van der Waals surface area contributed by atoms with Gasteiger partial charge >= 0.3 is 0 Å². The molecule has 6 heteroatoms. The zero-order valence-corrected chi connectivity index (χ0v) is 14.0. The zero-order chi connectivity index (χ0) is 17.4. The van der Waals surface area contributed by atoms with Crippen molar-refractivity contribution in [1.29, 1.82) is 0 Å². The molecule has 0 saturated heterocycles. The van der Waals surface area contributed by atoms with Crippen molar-refractivity contribution in [3.63, 3.8) is 0 Å². The normalized spacial score (nSPS) is 16.4. The van der Waals surface area contributed by atoms with Crippen LogP contribution in [0.15, 0.2) is 54.7 Å². The van der Waals surface area contributed by atoms with Gasteiger partial charge in [-0.1, -0.05) is 41.9 Å². The molecule has 4 nitrogen and oxygen atoms in total. The van der Waals surface area contributed by atoms with Crippen molar-refractivity contribution in [2.75, 3.05) is 5.32 Å². The van der Waals surface area contributed by atoms with Crippen LogP contribution >= 0.6 is 11.6 Å². The van der Waals surface area contributed by atoms with Crippen molar-refractivity contribution in [3.05, 3.63) is 82.3 Å². The number of nitrogens with one attached hydrogen (secondary N) is 1. The van der Waals surface area contributed by atoms with Crippen LogP contribution in [-0.4, -0.2) is 15.7 Å². The largest absolute Gasteiger partial charge is 0.311 e. The maximum atomic E-state index is 14.2. The van der Waals surface area contributed by atoms with Gasteiger partial charge in [-0.2, -0.15) is 5.10 Å². The first-order valence-electron chi connectivity index (χ1n) is 7.96. The van der Waals surface area contributed by atoms with Crippen molar-refractivity contribution in [2.24, 2.45) is 0 Å². The van der Waals surface area contributed by atoms with Gasteiger partial charge in [0.15, 0.2) is 0 Å². The van der Waals surface area contributed by atoms with Crippen molar-refractivity contribution in [3.8, 4) is 0 Å². The van der Waals surface area contributed by atoms with Gasteiger partial charge in [0.25, 0.3) is 0 Å². The molecule has 1 aliphatic heterocycles. The molecule has 0 spiro atoms. The van der Waals surface area contributed by atoms with Crippen molar-refractivity contribution >= 4 is 23.3 Å². The van der Waals surface area contributed by atoms with E-state index >= 15 is 0 Å². The summed E-state index contributed by atoms with van der Waals surface area (Å²) in [5.41, 5.74) is 2.36. The first kappa shape index (κ1) is 15.8. The topological polar surface area (TPSA) is 46.9 Å². The third kappa shape index (κ3) is 3.03. The molecule has 4 rings (SSSR count). The molecular weight excluding hydrogens is 341 g/mol. The molecule has 126 valence electrons. The zero-order valence-electron chi connectivity index (χ0n) is 13.2. The molecule has 0 saturated carbocycles. The summed E-state index contributed by atoms with van der Waals surface area (Å²) in [6.45, 7) is 0.497. The fourth-order valence-electron chi connectivity index (χ4n) is 3.19. The average molecular weight is 356 g/mol. The summed E-state index contributed by atoms with van der Waals surface area (Å²) < 4.78 is 15.9. The molecule has 1 N–H and O–H groups in total. The van der Waals surface area contributed by atoms with Crippen LogP contribution in [0.1, 0.15) is 29.0 Å². The molecule has 1 amide bonds. The molecule has 1 aromatic heterocycles. The van der Waals surface area contributed by atoms with Gasteiger partial charge in [0, 0.05) is 22.9 Å². The molecule has 0 radical (unpaired) electrons. The van der Waals surface area contributed by atoms with Gasteiger partial charge in [-0.15, -0.1) is 0 Å². The predicted octanol–water partition coefficient (Wildman–Crippen LogP) is 4.20. The molecule has 1 unspecified atom stereocenters. The Bertz CT molecular complexity index is 936. The Kier molecular flexibility index (Phi) is 4.01. The van der Waals surface area contributed by atoms with Gasteiger partial charge in [0.1, 0.15) is 11.6 Å². The Morgan fingerprint density at radius 3 is 2.68 bits per heavy atom. The highest BCUT2D eigenvalue weighted by Gasteiger charge is 2.31. The molecule has 0 fully saturated rings. The maximum Gasteiger partial charge on any atom is 0.226 e. The summed E-state index contributed by atoms with van der Waals surface area (Å²) in [7, 11) is 0. The van der Waals surface area contributed by atoms with E-state index in [1.165, 1.54) is 6.07 Å². The van der Waals surface area contributed by atoms with Crippen LogP contribution in [0.3, 0.4) is 0 Å². The van der Waals surface area contributed by atoms with E-state index in [4.69, 9.17) is 11.6 Å². The van der Waals surface area contributed by atoms with Crippen LogP contribution in [0.2, 0.25) is 5.02 Å². The highest BCUT2D eigenvalue weighted by atomic mass is 35.5. The predicted molar refractivity (Wildman–Crippen MR) is 94.3 cm³/mol. The number of rotatable bonds is 3. The van der Waals surface area contributed by atoms with Crippen molar-refractivity contribution in [1.82, 2.24) is 9.78 Å². The number of fused-ring (bicyclic) bond motifs is 1. The van der Waals surface area contributed by atoms with E-state index in [1.54, 1.807) is 29.1 Å². The van der Waals surface area contributed by atoms with Gasteiger partial charge in [-0.25, -0.2) is 9.07 Å². The number of aromatic nitrogens is 2. The molecule has 1 atom stereocenters. The number of halogens is 2. The first-order valence-corrected chi connectivity index (χ1v) is 8.34. The minimum absolute atomic E-state index is 0.140. The summed E-state index contributed by atoms with van der Waals surface area (Å²) in [6.07, 6.45) is 1.92. The van der Waals surface area contributed by atoms with E-state index in [-0.39, 0.29) is 24.1 Å². The fourth-order valence-corrected chi connectivity index (χ4v) is 3.31. The number of hydrogen-bond acceptors (Lipinski definition) is 2. The van der Waals surface area contributed by atoms with Crippen LogP contribution in [0.25, 0.3) is 0 Å². The number of benzene rings is 2. The highest BCUT2D eigenvalue weighted by molar-refractivity contribution is 6.30. The molecule has 25 heavy (non-hydrogen) atoms. The third-order valence-electron chi connectivity index (χ3n) is 4.42. The Morgan fingerprint density at radius 2 is 1.92 bits per heavy atom. The number of carbonyl (C=O) groups excluding carboxylic acids is 1. The van der Waals surface area contributed by atoms with Gasteiger partial charge < -0.3 is 5.32 Å². The molecule has 3 aromatic rings. The standard InChI is InChI=1S/C19H15ClFN3O/c20-13-7-5-12(6-8-13)11-24-19-16(10-22-24)15(9-18(25)23-19)14-3-1-2-4-17(14)21/h1-8,10,15H,9,11H2,(H,23,25). The Labute approximate surface area is 149 Å². The van der Waals surface area contributed by atoms with Gasteiger partial charge in [0.2, 0.25) is 5.91 Å². The molecule has 1 aliphatic rings. The summed E-state index contributed by atoms with van der Waals surface area (Å²) in [5, 5.41) is 7.94. The lowest BCUT2D eigenvalue weighted by Crippen LogP contribution is -2.25. The van der Waals surface area contributed by atoms with Crippen LogP contribution in [0.4, 0.5) is 10.2 Å². The maximum absolute atomic E-state index is 14.2. The van der Waals surface area contributed by atoms with Crippen LogP contribution < -0.4 is 5.32 Å². The van der Waals surface area contributed by atoms with E-state index in [2.05, 4.69) is 10.4 Å². The van der Waals surface area contributed by atoms with E-state index in [0.717, 1.165) is 11.1 Å². The fraction of sp³-hybridized carbons (Fsp3) is 0.158. The second-order valence-electron chi connectivity index (χ2n) is 6.06. The Hall–Kier alpha value is -2.66. The highest BCUT2D eigenvalue weighted by Crippen LogP contribution is 2.38. The van der Waals surface area contributed by atoms with Gasteiger partial charge in [-0.05, 0) is 29.3 Å². The van der Waals surface area contributed by atoms with Gasteiger partial charge in [-0.3, -0.25) is 4.79 Å². The molecule has 2 heterocycles. The van der Waals surface area contributed by atoms with E-state index in [0.29, 0.717) is 22.9 Å². The third-order valence-corrected chi connectivity index (χ3v) is 4.67. The van der Waals surface area contributed by atoms with E-state index in [1.807, 2.05) is 24.3 Å². The first-order chi connectivity index (χ1) is 12.1. The number of carbonyl (C=O) groups is 1. The lowest BCUT2D eigenvalue weighted by Gasteiger charge is -2.24. The van der Waals surface area contributed by atoms with Crippen LogP contribution in [0.5, 0.6) is 0 Å². The smallest absolute Gasteiger partial charge is 0.226 e. The molecule has 0 aliphatic carbocycles. The SMILES string of the molecule is O=C1CC(c2ccccc2F)c2cnn(Cc3ccc(Cl)cc3)c2N1. The minimum Gasteiger partial charge on any atom is -0.311 e. The second kappa shape index (κ2) is 6.33. The summed E-state index contributed by atoms with van der Waals surface area (Å²) in [4.78, 5) is 12.2. The Morgan fingerprint density at radius 1 is 1.16 bits per heavy atom. The second-order valence-corrected chi connectivity index (χ2v) is 6.50. The molecular formula is C19H15ClFN3O. The van der Waals surface area contributed by atoms with Crippen LogP contribution in [0, 0.1) is 5.82 Å². The average Bonchev–Trinajstić information content (AvgIpc) is 2.99. The van der Waals surface area contributed by atoms with Gasteiger partial charge in [0.05, 0.1) is 12.7 Å². The summed E-state index contributed by atoms with van der Waals surface area (Å²) >= 11 is 5.91. The van der Waals surface area contributed by atoms with E-state index in [9.17, 15) is 9.18 Å². The van der Waals surface area contributed by atoms with Crippen molar-refractivity contribution in [2.45, 2.75) is 18.9 Å². The number of hydrogen-bond donors (Lipinski definition) is 1. The lowest BCUT2D eigenvalue weighted by atomic mass is 9.87. The van der Waals surface area contributed by atoms with Crippen molar-refractivity contribution < 1.29 is 9.18 Å².